The highest BCUT2D eigenvalue weighted by Crippen LogP contribution is 2.30. The fourth-order valence-electron chi connectivity index (χ4n) is 3.50. The van der Waals surface area contributed by atoms with Crippen LogP contribution < -0.4 is 5.32 Å². The normalized spacial score (nSPS) is 19.8. The number of imidazole rings is 1. The minimum Gasteiger partial charge on any atom is -0.394 e. The molecule has 0 saturated carbocycles. The van der Waals surface area contributed by atoms with E-state index >= 15 is 0 Å². The standard InChI is InChI=1S/C21H24N4O3/c1-14-7-6-10-24-19(14)22-18(16-8-4-3-5-9-16)20(24)23-21(27)25-11-17(12-26)28-13-15(25)2/h3-10,15,17,26H,11-13H2,1-2H3,(H,23,27)/t15-,17+/m1/s1. The molecule has 1 saturated heterocycles. The van der Waals surface area contributed by atoms with Crippen molar-refractivity contribution in [1.82, 2.24) is 14.3 Å². The minimum absolute atomic E-state index is 0.0797. The Morgan fingerprint density at radius 1 is 1.29 bits per heavy atom. The highest BCUT2D eigenvalue weighted by Gasteiger charge is 2.30. The van der Waals surface area contributed by atoms with Crippen molar-refractivity contribution in [2.75, 3.05) is 25.1 Å². The van der Waals surface area contributed by atoms with Crippen LogP contribution in [-0.4, -0.2) is 57.3 Å². The van der Waals surface area contributed by atoms with Gasteiger partial charge in [0.05, 0.1) is 31.9 Å². The molecule has 0 unspecified atom stereocenters. The molecule has 3 heterocycles. The summed E-state index contributed by atoms with van der Waals surface area (Å²) in [6, 6.07) is 13.4. The summed E-state index contributed by atoms with van der Waals surface area (Å²) in [5, 5.41) is 12.5. The van der Waals surface area contributed by atoms with Gasteiger partial charge < -0.3 is 14.7 Å². The Balaban J connectivity index is 1.73. The Kier molecular flexibility index (Phi) is 5.02. The second-order valence-electron chi connectivity index (χ2n) is 7.13. The van der Waals surface area contributed by atoms with E-state index in [4.69, 9.17) is 9.72 Å². The van der Waals surface area contributed by atoms with Crippen LogP contribution in [0.4, 0.5) is 10.6 Å². The van der Waals surface area contributed by atoms with Crippen molar-refractivity contribution in [2.45, 2.75) is 26.0 Å². The van der Waals surface area contributed by atoms with Crippen LogP contribution in [0.15, 0.2) is 48.7 Å². The first kappa shape index (κ1) is 18.5. The first-order valence-corrected chi connectivity index (χ1v) is 9.41. The van der Waals surface area contributed by atoms with Crippen LogP contribution in [0.5, 0.6) is 0 Å². The molecule has 1 fully saturated rings. The van der Waals surface area contributed by atoms with Gasteiger partial charge in [0.15, 0.2) is 0 Å². The Morgan fingerprint density at radius 3 is 2.82 bits per heavy atom. The number of aliphatic hydroxyl groups excluding tert-OH is 1. The number of fused-ring (bicyclic) bond motifs is 1. The summed E-state index contributed by atoms with van der Waals surface area (Å²) < 4.78 is 7.45. The first-order valence-electron chi connectivity index (χ1n) is 9.41. The zero-order valence-electron chi connectivity index (χ0n) is 16.0. The highest BCUT2D eigenvalue weighted by atomic mass is 16.5. The zero-order chi connectivity index (χ0) is 19.7. The van der Waals surface area contributed by atoms with Crippen LogP contribution >= 0.6 is 0 Å². The lowest BCUT2D eigenvalue weighted by molar-refractivity contribution is -0.0612. The molecule has 3 aromatic rings. The number of carbonyl (C=O) groups is 1. The number of carbonyl (C=O) groups excluding carboxylic acids is 1. The number of benzene rings is 1. The summed E-state index contributed by atoms with van der Waals surface area (Å²) in [7, 11) is 0. The average molecular weight is 380 g/mol. The molecule has 0 bridgehead atoms. The molecule has 0 aliphatic carbocycles. The van der Waals surface area contributed by atoms with E-state index in [-0.39, 0.29) is 24.8 Å². The molecule has 1 aliphatic heterocycles. The van der Waals surface area contributed by atoms with Gasteiger partial charge in [0.1, 0.15) is 17.2 Å². The molecule has 7 heteroatoms. The van der Waals surface area contributed by atoms with Gasteiger partial charge in [-0.2, -0.15) is 0 Å². The second-order valence-corrected chi connectivity index (χ2v) is 7.13. The zero-order valence-corrected chi connectivity index (χ0v) is 16.0. The SMILES string of the molecule is Cc1cccn2c(NC(=O)N3C[C@@H](CO)OC[C@H]3C)c(-c3ccccc3)nc12. The van der Waals surface area contributed by atoms with Crippen molar-refractivity contribution in [2.24, 2.45) is 0 Å². The molecule has 1 aromatic carbocycles. The number of pyridine rings is 1. The average Bonchev–Trinajstić information content (AvgIpc) is 3.09. The van der Waals surface area contributed by atoms with E-state index < -0.39 is 0 Å². The number of aromatic nitrogens is 2. The number of urea groups is 1. The smallest absolute Gasteiger partial charge is 0.323 e. The third-order valence-corrected chi connectivity index (χ3v) is 5.09. The van der Waals surface area contributed by atoms with Crippen LogP contribution in [0, 0.1) is 6.92 Å². The quantitative estimate of drug-likeness (QED) is 0.732. The van der Waals surface area contributed by atoms with E-state index in [1.54, 1.807) is 4.90 Å². The first-order chi connectivity index (χ1) is 13.6. The van der Waals surface area contributed by atoms with Gasteiger partial charge in [0, 0.05) is 11.8 Å². The van der Waals surface area contributed by atoms with Gasteiger partial charge in [-0.25, -0.2) is 9.78 Å². The summed E-state index contributed by atoms with van der Waals surface area (Å²) in [4.78, 5) is 19.6. The number of nitrogens with zero attached hydrogens (tertiary/aromatic N) is 3. The van der Waals surface area contributed by atoms with E-state index in [9.17, 15) is 9.90 Å². The van der Waals surface area contributed by atoms with Gasteiger partial charge in [-0.15, -0.1) is 0 Å². The van der Waals surface area contributed by atoms with Crippen LogP contribution in [0.1, 0.15) is 12.5 Å². The number of amides is 2. The van der Waals surface area contributed by atoms with Crippen LogP contribution in [0.2, 0.25) is 0 Å². The van der Waals surface area contributed by atoms with Crippen LogP contribution in [0.25, 0.3) is 16.9 Å². The van der Waals surface area contributed by atoms with Gasteiger partial charge in [-0.3, -0.25) is 9.72 Å². The molecule has 2 N–H and O–H groups in total. The third-order valence-electron chi connectivity index (χ3n) is 5.09. The fraction of sp³-hybridized carbons (Fsp3) is 0.333. The van der Waals surface area contributed by atoms with E-state index in [0.717, 1.165) is 22.5 Å². The van der Waals surface area contributed by atoms with Gasteiger partial charge >= 0.3 is 6.03 Å². The van der Waals surface area contributed by atoms with Gasteiger partial charge in [0.25, 0.3) is 0 Å². The van der Waals surface area contributed by atoms with E-state index in [2.05, 4.69) is 5.32 Å². The molecular weight excluding hydrogens is 356 g/mol. The molecule has 2 atom stereocenters. The Hall–Kier alpha value is -2.90. The Bertz CT molecular complexity index is 986. The largest absolute Gasteiger partial charge is 0.394 e. The van der Waals surface area contributed by atoms with E-state index in [1.807, 2.05) is 66.9 Å². The van der Waals surface area contributed by atoms with Gasteiger partial charge in [-0.1, -0.05) is 36.4 Å². The maximum atomic E-state index is 13.1. The molecule has 0 spiro atoms. The van der Waals surface area contributed by atoms with Gasteiger partial charge in [0.2, 0.25) is 0 Å². The van der Waals surface area contributed by atoms with Crippen molar-refractivity contribution in [1.29, 1.82) is 0 Å². The van der Waals surface area contributed by atoms with E-state index in [1.165, 1.54) is 0 Å². The number of morpholine rings is 1. The molecule has 28 heavy (non-hydrogen) atoms. The maximum absolute atomic E-state index is 13.1. The summed E-state index contributed by atoms with van der Waals surface area (Å²) in [6.07, 6.45) is 1.54. The van der Waals surface area contributed by atoms with Crippen molar-refractivity contribution in [3.63, 3.8) is 0 Å². The molecule has 146 valence electrons. The lowest BCUT2D eigenvalue weighted by atomic mass is 10.1. The number of nitrogens with one attached hydrogen (secondary N) is 1. The van der Waals surface area contributed by atoms with Crippen molar-refractivity contribution >= 4 is 17.5 Å². The molecule has 2 aromatic heterocycles. The second kappa shape index (κ2) is 7.61. The Morgan fingerprint density at radius 2 is 2.07 bits per heavy atom. The summed E-state index contributed by atoms with van der Waals surface area (Å²) >= 11 is 0. The molecule has 7 nitrogen and oxygen atoms in total. The summed E-state index contributed by atoms with van der Waals surface area (Å²) in [5.41, 5.74) is 3.49. The maximum Gasteiger partial charge on any atom is 0.323 e. The summed E-state index contributed by atoms with van der Waals surface area (Å²) in [5.74, 6) is 0.633. The number of hydrogen-bond acceptors (Lipinski definition) is 4. The van der Waals surface area contributed by atoms with Crippen LogP contribution in [0.3, 0.4) is 0 Å². The highest BCUT2D eigenvalue weighted by molar-refractivity contribution is 5.94. The predicted molar refractivity (Wildman–Crippen MR) is 107 cm³/mol. The number of hydrogen-bond donors (Lipinski definition) is 2. The number of ether oxygens (including phenoxy) is 1. The number of aryl methyl sites for hydroxylation is 1. The predicted octanol–water partition coefficient (Wildman–Crippen LogP) is 2.92. The van der Waals surface area contributed by atoms with Crippen molar-refractivity contribution in [3.8, 4) is 11.3 Å². The van der Waals surface area contributed by atoms with Crippen molar-refractivity contribution < 1.29 is 14.6 Å². The topological polar surface area (TPSA) is 79.1 Å². The number of rotatable bonds is 3. The van der Waals surface area contributed by atoms with E-state index in [0.29, 0.717) is 19.0 Å². The lowest BCUT2D eigenvalue weighted by Crippen LogP contribution is -2.53. The van der Waals surface area contributed by atoms with Crippen molar-refractivity contribution in [3.05, 3.63) is 54.2 Å². The number of aliphatic hydroxyl groups is 1. The molecule has 2 amide bonds. The fourth-order valence-corrected chi connectivity index (χ4v) is 3.50. The molecular formula is C21H24N4O3. The number of anilines is 1. The Labute approximate surface area is 163 Å². The molecule has 4 rings (SSSR count). The molecule has 1 aliphatic rings. The third kappa shape index (κ3) is 3.34. The minimum atomic E-state index is -0.361. The van der Waals surface area contributed by atoms with Gasteiger partial charge in [-0.05, 0) is 25.5 Å². The molecule has 0 radical (unpaired) electrons. The van der Waals surface area contributed by atoms with Crippen LogP contribution in [-0.2, 0) is 4.74 Å². The lowest BCUT2D eigenvalue weighted by Gasteiger charge is -2.37. The monoisotopic (exact) mass is 380 g/mol. The summed E-state index contributed by atoms with van der Waals surface area (Å²) in [6.45, 7) is 4.57.